The van der Waals surface area contributed by atoms with Gasteiger partial charge in [0.25, 0.3) is 0 Å². The van der Waals surface area contributed by atoms with Gasteiger partial charge >= 0.3 is 0 Å². The molecule has 0 bridgehead atoms. The Labute approximate surface area is 117 Å². The second kappa shape index (κ2) is 7.06. The van der Waals surface area contributed by atoms with Crippen molar-refractivity contribution in [2.24, 2.45) is 0 Å². The molecular weight excluding hydrogens is 234 g/mol. The second-order valence-electron chi connectivity index (χ2n) is 5.94. The van der Waals surface area contributed by atoms with Crippen LogP contribution in [0.15, 0.2) is 24.3 Å². The Hall–Kier alpha value is -0.860. The van der Waals surface area contributed by atoms with Gasteiger partial charge in [-0.2, -0.15) is 0 Å². The van der Waals surface area contributed by atoms with Gasteiger partial charge in [-0.25, -0.2) is 0 Å². The van der Waals surface area contributed by atoms with Crippen molar-refractivity contribution in [2.45, 2.75) is 64.1 Å². The molecule has 2 atom stereocenters. The Morgan fingerprint density at radius 1 is 1.16 bits per heavy atom. The SMILES string of the molecule is COC1CCCCC1NCc1ccc(C(C)C)cc1. The molecule has 0 radical (unpaired) electrons. The minimum absolute atomic E-state index is 0.392. The maximum absolute atomic E-state index is 5.58. The van der Waals surface area contributed by atoms with E-state index in [1.807, 2.05) is 7.11 Å². The van der Waals surface area contributed by atoms with Crippen molar-refractivity contribution in [1.29, 1.82) is 0 Å². The Morgan fingerprint density at radius 3 is 2.47 bits per heavy atom. The first-order valence-corrected chi connectivity index (χ1v) is 7.55. The molecule has 1 aliphatic rings. The van der Waals surface area contributed by atoms with Crippen LogP contribution < -0.4 is 5.32 Å². The molecule has 1 aliphatic carbocycles. The molecule has 0 aliphatic heterocycles. The molecule has 1 fully saturated rings. The molecule has 1 aromatic carbocycles. The van der Waals surface area contributed by atoms with Crippen LogP contribution in [0.3, 0.4) is 0 Å². The quantitative estimate of drug-likeness (QED) is 0.869. The first-order chi connectivity index (χ1) is 9.20. The van der Waals surface area contributed by atoms with E-state index in [4.69, 9.17) is 4.74 Å². The van der Waals surface area contributed by atoms with E-state index in [0.717, 1.165) is 6.54 Å². The monoisotopic (exact) mass is 261 g/mol. The minimum Gasteiger partial charge on any atom is -0.380 e. The lowest BCUT2D eigenvalue weighted by Gasteiger charge is -2.31. The van der Waals surface area contributed by atoms with Crippen LogP contribution in [0, 0.1) is 0 Å². The third-order valence-corrected chi connectivity index (χ3v) is 4.22. The van der Waals surface area contributed by atoms with E-state index >= 15 is 0 Å². The van der Waals surface area contributed by atoms with E-state index in [0.29, 0.717) is 18.1 Å². The standard InChI is InChI=1S/C17H27NO/c1-13(2)15-10-8-14(9-11-15)12-18-16-6-4-5-7-17(16)19-3/h8-11,13,16-18H,4-7,12H2,1-3H3. The van der Waals surface area contributed by atoms with Crippen LogP contribution in [-0.2, 0) is 11.3 Å². The summed E-state index contributed by atoms with van der Waals surface area (Å²) in [5.41, 5.74) is 2.78. The molecular formula is C17H27NO. The Kier molecular flexibility index (Phi) is 5.41. The molecule has 1 N–H and O–H groups in total. The average molecular weight is 261 g/mol. The van der Waals surface area contributed by atoms with Crippen molar-refractivity contribution < 1.29 is 4.74 Å². The highest BCUT2D eigenvalue weighted by molar-refractivity contribution is 5.24. The van der Waals surface area contributed by atoms with Crippen LogP contribution in [-0.4, -0.2) is 19.3 Å². The van der Waals surface area contributed by atoms with Crippen LogP contribution in [0.1, 0.15) is 56.6 Å². The maximum atomic E-state index is 5.58. The first-order valence-electron chi connectivity index (χ1n) is 7.55. The Morgan fingerprint density at radius 2 is 1.84 bits per heavy atom. The van der Waals surface area contributed by atoms with E-state index in [1.165, 1.54) is 36.8 Å². The zero-order valence-electron chi connectivity index (χ0n) is 12.5. The largest absolute Gasteiger partial charge is 0.380 e. The Balaban J connectivity index is 1.87. The van der Waals surface area contributed by atoms with Crippen molar-refractivity contribution in [3.8, 4) is 0 Å². The van der Waals surface area contributed by atoms with Crippen LogP contribution in [0.2, 0.25) is 0 Å². The summed E-state index contributed by atoms with van der Waals surface area (Å²) in [7, 11) is 1.84. The van der Waals surface area contributed by atoms with Gasteiger partial charge in [0.15, 0.2) is 0 Å². The molecule has 1 saturated carbocycles. The van der Waals surface area contributed by atoms with Gasteiger partial charge < -0.3 is 10.1 Å². The molecule has 0 heterocycles. The number of rotatable bonds is 5. The molecule has 0 aromatic heterocycles. The summed E-state index contributed by atoms with van der Waals surface area (Å²) >= 11 is 0. The van der Waals surface area contributed by atoms with Crippen molar-refractivity contribution in [3.05, 3.63) is 35.4 Å². The molecule has 2 heteroatoms. The number of nitrogens with one attached hydrogen (secondary N) is 1. The van der Waals surface area contributed by atoms with E-state index in [9.17, 15) is 0 Å². The summed E-state index contributed by atoms with van der Waals surface area (Å²) in [6.07, 6.45) is 5.45. The van der Waals surface area contributed by atoms with Crippen molar-refractivity contribution >= 4 is 0 Å². The predicted octanol–water partition coefficient (Wildman–Crippen LogP) is 3.86. The summed E-state index contributed by atoms with van der Waals surface area (Å²) in [4.78, 5) is 0. The molecule has 106 valence electrons. The molecule has 1 aromatic rings. The molecule has 2 nitrogen and oxygen atoms in total. The lowest BCUT2D eigenvalue weighted by Crippen LogP contribution is -2.42. The second-order valence-corrected chi connectivity index (χ2v) is 5.94. The fourth-order valence-electron chi connectivity index (χ4n) is 2.88. The number of methoxy groups -OCH3 is 1. The zero-order chi connectivity index (χ0) is 13.7. The van der Waals surface area contributed by atoms with Crippen molar-refractivity contribution in [1.82, 2.24) is 5.32 Å². The zero-order valence-corrected chi connectivity index (χ0v) is 12.5. The van der Waals surface area contributed by atoms with Gasteiger partial charge in [-0.05, 0) is 29.9 Å². The van der Waals surface area contributed by atoms with Gasteiger partial charge in [0.05, 0.1) is 6.10 Å². The van der Waals surface area contributed by atoms with Gasteiger partial charge in [-0.15, -0.1) is 0 Å². The van der Waals surface area contributed by atoms with Crippen LogP contribution in [0.25, 0.3) is 0 Å². The summed E-state index contributed by atoms with van der Waals surface area (Å²) in [5, 5.41) is 3.66. The number of benzene rings is 1. The number of hydrogen-bond acceptors (Lipinski definition) is 2. The third kappa shape index (κ3) is 4.05. The molecule has 0 spiro atoms. The summed E-state index contributed by atoms with van der Waals surface area (Å²) < 4.78 is 5.58. The highest BCUT2D eigenvalue weighted by Gasteiger charge is 2.23. The number of hydrogen-bond donors (Lipinski definition) is 1. The van der Waals surface area contributed by atoms with Crippen molar-refractivity contribution in [2.75, 3.05) is 7.11 Å². The third-order valence-electron chi connectivity index (χ3n) is 4.22. The summed E-state index contributed by atoms with van der Waals surface area (Å²) in [5.74, 6) is 0.609. The van der Waals surface area contributed by atoms with Gasteiger partial charge in [0.2, 0.25) is 0 Å². The van der Waals surface area contributed by atoms with Crippen LogP contribution >= 0.6 is 0 Å². The minimum atomic E-state index is 0.392. The van der Waals surface area contributed by atoms with Crippen LogP contribution in [0.4, 0.5) is 0 Å². The van der Waals surface area contributed by atoms with E-state index < -0.39 is 0 Å². The van der Waals surface area contributed by atoms with Gasteiger partial charge in [-0.3, -0.25) is 0 Å². The molecule has 0 amide bonds. The highest BCUT2D eigenvalue weighted by atomic mass is 16.5. The van der Waals surface area contributed by atoms with Crippen LogP contribution in [0.5, 0.6) is 0 Å². The van der Waals surface area contributed by atoms with Gasteiger partial charge in [0.1, 0.15) is 0 Å². The molecule has 0 saturated heterocycles. The smallest absolute Gasteiger partial charge is 0.0724 e. The average Bonchev–Trinajstić information content (AvgIpc) is 2.45. The Bertz CT molecular complexity index is 371. The first kappa shape index (κ1) is 14.5. The normalized spacial score (nSPS) is 23.8. The topological polar surface area (TPSA) is 21.3 Å². The molecule has 2 rings (SSSR count). The molecule has 19 heavy (non-hydrogen) atoms. The fraction of sp³-hybridized carbons (Fsp3) is 0.647. The van der Waals surface area contributed by atoms with E-state index in [1.54, 1.807) is 0 Å². The fourth-order valence-corrected chi connectivity index (χ4v) is 2.88. The van der Waals surface area contributed by atoms with Gasteiger partial charge in [-0.1, -0.05) is 51.0 Å². The summed E-state index contributed by atoms with van der Waals surface area (Å²) in [6.45, 7) is 5.42. The highest BCUT2D eigenvalue weighted by Crippen LogP contribution is 2.21. The summed E-state index contributed by atoms with van der Waals surface area (Å²) in [6, 6.07) is 9.50. The number of ether oxygens (including phenoxy) is 1. The van der Waals surface area contributed by atoms with Crippen molar-refractivity contribution in [3.63, 3.8) is 0 Å². The van der Waals surface area contributed by atoms with E-state index in [2.05, 4.69) is 43.4 Å². The maximum Gasteiger partial charge on any atom is 0.0724 e. The lowest BCUT2D eigenvalue weighted by molar-refractivity contribution is 0.0413. The molecule has 2 unspecified atom stereocenters. The predicted molar refractivity (Wildman–Crippen MR) is 80.4 cm³/mol. The van der Waals surface area contributed by atoms with E-state index in [-0.39, 0.29) is 0 Å². The lowest BCUT2D eigenvalue weighted by atomic mass is 9.92. The van der Waals surface area contributed by atoms with Gasteiger partial charge in [0, 0.05) is 19.7 Å².